The first-order chi connectivity index (χ1) is 9.23. The Kier molecular flexibility index (Phi) is 2.81. The number of fused-ring (bicyclic) bond motifs is 1. The van der Waals surface area contributed by atoms with Gasteiger partial charge in [-0.3, -0.25) is 4.79 Å². The van der Waals surface area contributed by atoms with Crippen molar-refractivity contribution >= 4 is 5.97 Å². The summed E-state index contributed by atoms with van der Waals surface area (Å²) in [5, 5.41) is 9.22. The molecule has 2 heterocycles. The van der Waals surface area contributed by atoms with Crippen molar-refractivity contribution in [3.8, 4) is 6.07 Å². The van der Waals surface area contributed by atoms with Gasteiger partial charge in [0.15, 0.2) is 5.69 Å². The Balaban J connectivity index is 2.12. The average Bonchev–Trinajstić information content (AvgIpc) is 2.77. The molecule has 1 saturated carbocycles. The van der Waals surface area contributed by atoms with Crippen molar-refractivity contribution < 1.29 is 9.53 Å². The number of nitriles is 1. The summed E-state index contributed by atoms with van der Waals surface area (Å²) in [7, 11) is 1.42. The van der Waals surface area contributed by atoms with Crippen LogP contribution in [-0.2, 0) is 27.9 Å². The van der Waals surface area contributed by atoms with Crippen molar-refractivity contribution in [1.82, 2.24) is 9.55 Å². The third kappa shape index (κ3) is 1.59. The lowest BCUT2D eigenvalue weighted by Crippen LogP contribution is -2.45. The maximum absolute atomic E-state index is 12.1. The summed E-state index contributed by atoms with van der Waals surface area (Å²) >= 11 is 0. The number of nitrogens with zero attached hydrogens (tertiary/aromatic N) is 3. The Labute approximate surface area is 112 Å². The molecule has 0 N–H and O–H groups in total. The molecule has 0 unspecified atom stereocenters. The van der Waals surface area contributed by atoms with Gasteiger partial charge in [-0.1, -0.05) is 6.42 Å². The number of esters is 1. The smallest absolute Gasteiger partial charge is 0.319 e. The van der Waals surface area contributed by atoms with Crippen LogP contribution in [0.4, 0.5) is 0 Å². The molecule has 1 fully saturated rings. The second kappa shape index (κ2) is 4.37. The topological polar surface area (TPSA) is 67.9 Å². The second-order valence-electron chi connectivity index (χ2n) is 5.38. The summed E-state index contributed by atoms with van der Waals surface area (Å²) in [6.07, 6.45) is 5.62. The molecular formula is C14H17N3O2. The average molecular weight is 259 g/mol. The van der Waals surface area contributed by atoms with E-state index < -0.39 is 5.41 Å². The molecular weight excluding hydrogens is 242 g/mol. The monoisotopic (exact) mass is 259 g/mol. The fourth-order valence-corrected chi connectivity index (χ4v) is 3.24. The van der Waals surface area contributed by atoms with E-state index in [2.05, 4.69) is 15.6 Å². The van der Waals surface area contributed by atoms with E-state index in [0.29, 0.717) is 5.69 Å². The van der Waals surface area contributed by atoms with Crippen molar-refractivity contribution in [2.75, 3.05) is 7.11 Å². The van der Waals surface area contributed by atoms with Gasteiger partial charge in [0.25, 0.3) is 0 Å². The highest BCUT2D eigenvalue weighted by atomic mass is 16.5. The SMILES string of the molecule is COC(=O)C1(c2nc(C#N)c3n2CCCC3)CCC1. The Hall–Kier alpha value is -1.83. The third-order valence-electron chi connectivity index (χ3n) is 4.44. The maximum atomic E-state index is 12.1. The molecule has 100 valence electrons. The van der Waals surface area contributed by atoms with Gasteiger partial charge in [0.05, 0.1) is 12.8 Å². The number of hydrogen-bond acceptors (Lipinski definition) is 4. The van der Waals surface area contributed by atoms with Crippen molar-refractivity contribution in [3.05, 3.63) is 17.2 Å². The van der Waals surface area contributed by atoms with E-state index >= 15 is 0 Å². The number of carbonyl (C=O) groups is 1. The van der Waals surface area contributed by atoms with E-state index in [-0.39, 0.29) is 5.97 Å². The molecule has 0 saturated heterocycles. The van der Waals surface area contributed by atoms with Crippen molar-refractivity contribution in [2.24, 2.45) is 0 Å². The predicted molar refractivity (Wildman–Crippen MR) is 67.4 cm³/mol. The number of aromatic nitrogens is 2. The minimum absolute atomic E-state index is 0.207. The van der Waals surface area contributed by atoms with Crippen LogP contribution in [0.3, 0.4) is 0 Å². The lowest BCUT2D eigenvalue weighted by Gasteiger charge is -2.38. The zero-order valence-electron chi connectivity index (χ0n) is 11.1. The highest BCUT2D eigenvalue weighted by Crippen LogP contribution is 2.45. The lowest BCUT2D eigenvalue weighted by molar-refractivity contribution is -0.151. The van der Waals surface area contributed by atoms with Crippen LogP contribution < -0.4 is 0 Å². The van der Waals surface area contributed by atoms with Crippen LogP contribution >= 0.6 is 0 Å². The van der Waals surface area contributed by atoms with Gasteiger partial charge < -0.3 is 9.30 Å². The number of methoxy groups -OCH3 is 1. The van der Waals surface area contributed by atoms with Crippen LogP contribution in [0.25, 0.3) is 0 Å². The molecule has 5 nitrogen and oxygen atoms in total. The zero-order chi connectivity index (χ0) is 13.5. The summed E-state index contributed by atoms with van der Waals surface area (Å²) in [6.45, 7) is 0.859. The Morgan fingerprint density at radius 3 is 2.79 bits per heavy atom. The fourth-order valence-electron chi connectivity index (χ4n) is 3.24. The number of rotatable bonds is 2. The van der Waals surface area contributed by atoms with Gasteiger partial charge in [0, 0.05) is 6.54 Å². The van der Waals surface area contributed by atoms with Crippen LogP contribution in [0.15, 0.2) is 0 Å². The largest absolute Gasteiger partial charge is 0.468 e. The van der Waals surface area contributed by atoms with Gasteiger partial charge >= 0.3 is 5.97 Å². The molecule has 5 heteroatoms. The molecule has 0 amide bonds. The second-order valence-corrected chi connectivity index (χ2v) is 5.38. The van der Waals surface area contributed by atoms with Gasteiger partial charge in [-0.25, -0.2) is 4.98 Å². The maximum Gasteiger partial charge on any atom is 0.319 e. The van der Waals surface area contributed by atoms with Crippen LogP contribution in [0.5, 0.6) is 0 Å². The quantitative estimate of drug-likeness (QED) is 0.758. The molecule has 1 aromatic heterocycles. The summed E-state index contributed by atoms with van der Waals surface area (Å²) in [6, 6.07) is 2.17. The van der Waals surface area contributed by atoms with Crippen molar-refractivity contribution in [2.45, 2.75) is 50.5 Å². The molecule has 3 rings (SSSR count). The molecule has 0 radical (unpaired) electrons. The molecule has 1 aliphatic carbocycles. The van der Waals surface area contributed by atoms with Crippen molar-refractivity contribution in [3.63, 3.8) is 0 Å². The van der Waals surface area contributed by atoms with Crippen LogP contribution in [0, 0.1) is 11.3 Å². The Bertz CT molecular complexity index is 564. The van der Waals surface area contributed by atoms with Crippen LogP contribution in [0.2, 0.25) is 0 Å². The normalized spacial score (nSPS) is 20.0. The molecule has 0 aromatic carbocycles. The van der Waals surface area contributed by atoms with Gasteiger partial charge in [-0.2, -0.15) is 5.26 Å². The molecule has 0 bridgehead atoms. The van der Waals surface area contributed by atoms with E-state index in [0.717, 1.165) is 56.6 Å². The van der Waals surface area contributed by atoms with E-state index in [4.69, 9.17) is 4.74 Å². The molecule has 1 aliphatic heterocycles. The minimum Gasteiger partial charge on any atom is -0.468 e. The molecule has 2 aliphatic rings. The highest BCUT2D eigenvalue weighted by molar-refractivity contribution is 5.83. The van der Waals surface area contributed by atoms with E-state index in [1.54, 1.807) is 0 Å². The Morgan fingerprint density at radius 1 is 1.42 bits per heavy atom. The standard InChI is InChI=1S/C14H17N3O2/c1-19-13(18)14(6-4-7-14)12-16-10(9-15)11-5-2-3-8-17(11)12/h2-8H2,1H3. The summed E-state index contributed by atoms with van der Waals surface area (Å²) < 4.78 is 7.07. The van der Waals surface area contributed by atoms with Gasteiger partial charge in [0.2, 0.25) is 0 Å². The van der Waals surface area contributed by atoms with Gasteiger partial charge in [0.1, 0.15) is 17.3 Å². The minimum atomic E-state index is -0.601. The molecule has 19 heavy (non-hydrogen) atoms. The molecule has 1 aromatic rings. The number of imidazole rings is 1. The van der Waals surface area contributed by atoms with E-state index in [1.807, 2.05) is 0 Å². The number of ether oxygens (including phenoxy) is 1. The van der Waals surface area contributed by atoms with E-state index in [9.17, 15) is 10.1 Å². The van der Waals surface area contributed by atoms with Crippen LogP contribution in [-0.4, -0.2) is 22.6 Å². The number of hydrogen-bond donors (Lipinski definition) is 0. The van der Waals surface area contributed by atoms with Crippen LogP contribution in [0.1, 0.15) is 49.3 Å². The Morgan fingerprint density at radius 2 is 2.21 bits per heavy atom. The lowest BCUT2D eigenvalue weighted by atomic mass is 9.68. The highest BCUT2D eigenvalue weighted by Gasteiger charge is 2.51. The van der Waals surface area contributed by atoms with E-state index in [1.165, 1.54) is 7.11 Å². The van der Waals surface area contributed by atoms with Gasteiger partial charge in [-0.15, -0.1) is 0 Å². The summed E-state index contributed by atoms with van der Waals surface area (Å²) in [5.41, 5.74) is 0.888. The molecule has 0 spiro atoms. The van der Waals surface area contributed by atoms with Gasteiger partial charge in [-0.05, 0) is 32.1 Å². The third-order valence-corrected chi connectivity index (χ3v) is 4.44. The summed E-state index contributed by atoms with van der Waals surface area (Å²) in [5.74, 6) is 0.554. The first-order valence-electron chi connectivity index (χ1n) is 6.81. The fraction of sp³-hybridized carbons (Fsp3) is 0.643. The van der Waals surface area contributed by atoms with Crippen molar-refractivity contribution in [1.29, 1.82) is 5.26 Å². The molecule has 0 atom stereocenters. The predicted octanol–water partition coefficient (Wildman–Crippen LogP) is 1.69. The number of carbonyl (C=O) groups excluding carboxylic acids is 1. The first kappa shape index (κ1) is 12.2. The zero-order valence-corrected chi connectivity index (χ0v) is 11.1. The summed E-state index contributed by atoms with van der Waals surface area (Å²) in [4.78, 5) is 16.6. The first-order valence-corrected chi connectivity index (χ1v) is 6.81.